The fraction of sp³-hybridized carbons (Fsp3) is 0.333. The van der Waals surface area contributed by atoms with E-state index in [9.17, 15) is 32.1 Å². The SMILES string of the molecule is O=[N+]([O-])c1ccccc1NC1CCN(Cc2c(F)c(F)c(F)c(F)c2F)CC1. The van der Waals surface area contributed by atoms with Gasteiger partial charge in [-0.3, -0.25) is 15.0 Å². The van der Waals surface area contributed by atoms with Crippen LogP contribution in [0.4, 0.5) is 33.3 Å². The fourth-order valence-electron chi connectivity index (χ4n) is 3.22. The second kappa shape index (κ2) is 8.09. The van der Waals surface area contributed by atoms with Crippen LogP contribution in [-0.2, 0) is 6.54 Å². The minimum absolute atomic E-state index is 0.0636. The smallest absolute Gasteiger partial charge is 0.292 e. The third-order valence-electron chi connectivity index (χ3n) is 4.73. The Labute approximate surface area is 156 Å². The van der Waals surface area contributed by atoms with Gasteiger partial charge in [-0.2, -0.15) is 0 Å². The number of halogens is 5. The average molecular weight is 401 g/mol. The number of para-hydroxylation sites is 2. The van der Waals surface area contributed by atoms with E-state index in [0.29, 0.717) is 31.6 Å². The molecule has 1 aliphatic heterocycles. The van der Waals surface area contributed by atoms with E-state index in [1.54, 1.807) is 23.1 Å². The first-order valence-electron chi connectivity index (χ1n) is 8.52. The highest BCUT2D eigenvalue weighted by atomic mass is 19.2. The molecule has 1 fully saturated rings. The van der Waals surface area contributed by atoms with Crippen molar-refractivity contribution >= 4 is 11.4 Å². The third kappa shape index (κ3) is 3.91. The molecular weight excluding hydrogens is 385 g/mol. The number of likely N-dealkylation sites (tertiary alicyclic amines) is 1. The Morgan fingerprint density at radius 3 is 2.07 bits per heavy atom. The predicted molar refractivity (Wildman–Crippen MR) is 91.3 cm³/mol. The van der Waals surface area contributed by atoms with Gasteiger partial charge in [-0.25, -0.2) is 22.0 Å². The molecule has 2 aromatic rings. The molecule has 1 aliphatic rings. The maximum Gasteiger partial charge on any atom is 0.292 e. The lowest BCUT2D eigenvalue weighted by Crippen LogP contribution is -2.39. The van der Waals surface area contributed by atoms with Gasteiger partial charge in [0.15, 0.2) is 23.3 Å². The molecule has 0 aromatic heterocycles. The van der Waals surface area contributed by atoms with Crippen LogP contribution in [0.25, 0.3) is 0 Å². The summed E-state index contributed by atoms with van der Waals surface area (Å²) >= 11 is 0. The van der Waals surface area contributed by atoms with Gasteiger partial charge in [-0.1, -0.05) is 12.1 Å². The van der Waals surface area contributed by atoms with E-state index in [-0.39, 0.29) is 11.7 Å². The highest BCUT2D eigenvalue weighted by Crippen LogP contribution is 2.28. The lowest BCUT2D eigenvalue weighted by atomic mass is 10.0. The summed E-state index contributed by atoms with van der Waals surface area (Å²) in [6, 6.07) is 6.05. The summed E-state index contributed by atoms with van der Waals surface area (Å²) in [6.07, 6.45) is 0.975. The number of nitro groups is 1. The van der Waals surface area contributed by atoms with E-state index >= 15 is 0 Å². The fourth-order valence-corrected chi connectivity index (χ4v) is 3.22. The van der Waals surface area contributed by atoms with Gasteiger partial charge >= 0.3 is 0 Å². The molecule has 1 N–H and O–H groups in total. The molecule has 0 atom stereocenters. The molecule has 2 aromatic carbocycles. The third-order valence-corrected chi connectivity index (χ3v) is 4.73. The van der Waals surface area contributed by atoms with Gasteiger partial charge in [0.1, 0.15) is 5.69 Å². The van der Waals surface area contributed by atoms with Crippen molar-refractivity contribution in [1.82, 2.24) is 4.90 Å². The van der Waals surface area contributed by atoms with E-state index in [1.807, 2.05) is 0 Å². The first kappa shape index (κ1) is 20.0. The van der Waals surface area contributed by atoms with Crippen LogP contribution in [0.5, 0.6) is 0 Å². The Bertz CT molecular complexity index is 872. The first-order valence-corrected chi connectivity index (χ1v) is 8.52. The molecule has 0 amide bonds. The number of anilines is 1. The topological polar surface area (TPSA) is 58.4 Å². The summed E-state index contributed by atoms with van der Waals surface area (Å²) in [4.78, 5) is 12.1. The van der Waals surface area contributed by atoms with Crippen LogP contribution < -0.4 is 5.32 Å². The molecule has 1 heterocycles. The number of nitrogens with zero attached hydrogens (tertiary/aromatic N) is 2. The zero-order valence-corrected chi connectivity index (χ0v) is 14.5. The molecule has 0 aliphatic carbocycles. The second-order valence-corrected chi connectivity index (χ2v) is 6.52. The highest BCUT2D eigenvalue weighted by Gasteiger charge is 2.28. The average Bonchev–Trinajstić information content (AvgIpc) is 2.69. The maximum absolute atomic E-state index is 13.8. The zero-order valence-electron chi connectivity index (χ0n) is 14.5. The minimum atomic E-state index is -2.17. The summed E-state index contributed by atoms with van der Waals surface area (Å²) in [5, 5.41) is 14.1. The lowest BCUT2D eigenvalue weighted by molar-refractivity contribution is -0.384. The monoisotopic (exact) mass is 401 g/mol. The molecule has 0 saturated carbocycles. The highest BCUT2D eigenvalue weighted by molar-refractivity contribution is 5.61. The molecule has 150 valence electrons. The number of hydrogen-bond donors (Lipinski definition) is 1. The Morgan fingerprint density at radius 1 is 0.964 bits per heavy atom. The summed E-state index contributed by atoms with van der Waals surface area (Å²) in [5.74, 6) is -9.73. The molecule has 0 bridgehead atoms. The van der Waals surface area contributed by atoms with Crippen molar-refractivity contribution in [2.24, 2.45) is 0 Å². The number of piperidine rings is 1. The van der Waals surface area contributed by atoms with Crippen molar-refractivity contribution in [3.05, 3.63) is 69.0 Å². The summed E-state index contributed by atoms with van der Waals surface area (Å²) in [6.45, 7) is 0.250. The van der Waals surface area contributed by atoms with Gasteiger partial charge < -0.3 is 5.32 Å². The Hall–Kier alpha value is -2.75. The van der Waals surface area contributed by atoms with Crippen LogP contribution in [-0.4, -0.2) is 29.0 Å². The standard InChI is InChI=1S/C18H16F5N3O2/c19-14-11(15(20)17(22)18(23)16(14)21)9-25-7-5-10(6-8-25)24-12-3-1-2-4-13(12)26(27)28/h1-4,10,24H,5-9H2. The number of benzene rings is 2. The molecular formula is C18H16F5N3O2. The summed E-state index contributed by atoms with van der Waals surface area (Å²) < 4.78 is 67.4. The Kier molecular flexibility index (Phi) is 5.78. The van der Waals surface area contributed by atoms with Crippen LogP contribution in [0.2, 0.25) is 0 Å². The first-order chi connectivity index (χ1) is 13.3. The van der Waals surface area contributed by atoms with E-state index < -0.39 is 46.1 Å². The van der Waals surface area contributed by atoms with E-state index in [4.69, 9.17) is 0 Å². The molecule has 0 spiro atoms. The van der Waals surface area contributed by atoms with Crippen molar-refractivity contribution in [2.75, 3.05) is 18.4 Å². The van der Waals surface area contributed by atoms with Crippen molar-refractivity contribution in [3.8, 4) is 0 Å². The van der Waals surface area contributed by atoms with Gasteiger partial charge in [-0.15, -0.1) is 0 Å². The maximum atomic E-state index is 13.8. The van der Waals surface area contributed by atoms with Crippen molar-refractivity contribution in [2.45, 2.75) is 25.4 Å². The Balaban J connectivity index is 1.65. The van der Waals surface area contributed by atoms with Gasteiger partial charge in [0, 0.05) is 37.3 Å². The second-order valence-electron chi connectivity index (χ2n) is 6.52. The van der Waals surface area contributed by atoms with E-state index in [1.165, 1.54) is 6.07 Å². The molecule has 0 radical (unpaired) electrons. The molecule has 1 saturated heterocycles. The quantitative estimate of drug-likeness (QED) is 0.266. The van der Waals surface area contributed by atoms with Crippen molar-refractivity contribution < 1.29 is 26.9 Å². The number of rotatable bonds is 5. The van der Waals surface area contributed by atoms with Crippen LogP contribution >= 0.6 is 0 Å². The minimum Gasteiger partial charge on any atom is -0.377 e. The molecule has 0 unspecified atom stereocenters. The van der Waals surface area contributed by atoms with Crippen LogP contribution in [0.3, 0.4) is 0 Å². The number of hydrogen-bond acceptors (Lipinski definition) is 4. The molecule has 5 nitrogen and oxygen atoms in total. The van der Waals surface area contributed by atoms with Gasteiger partial charge in [0.25, 0.3) is 5.69 Å². The van der Waals surface area contributed by atoms with Crippen molar-refractivity contribution in [1.29, 1.82) is 0 Å². The summed E-state index contributed by atoms with van der Waals surface area (Å²) in [5.41, 5.74) is -0.557. The predicted octanol–water partition coefficient (Wildman–Crippen LogP) is 4.37. The molecule has 28 heavy (non-hydrogen) atoms. The van der Waals surface area contributed by atoms with Crippen LogP contribution in [0.1, 0.15) is 18.4 Å². The Morgan fingerprint density at radius 2 is 1.50 bits per heavy atom. The largest absolute Gasteiger partial charge is 0.377 e. The van der Waals surface area contributed by atoms with Crippen molar-refractivity contribution in [3.63, 3.8) is 0 Å². The van der Waals surface area contributed by atoms with Crippen LogP contribution in [0.15, 0.2) is 24.3 Å². The van der Waals surface area contributed by atoms with Gasteiger partial charge in [0.05, 0.1) is 4.92 Å². The van der Waals surface area contributed by atoms with Gasteiger partial charge in [0.2, 0.25) is 5.82 Å². The number of nitro benzene ring substituents is 1. The van der Waals surface area contributed by atoms with E-state index in [0.717, 1.165) is 0 Å². The van der Waals surface area contributed by atoms with Gasteiger partial charge in [-0.05, 0) is 18.9 Å². The lowest BCUT2D eigenvalue weighted by Gasteiger charge is -2.33. The molecule has 3 rings (SSSR count). The normalized spacial score (nSPS) is 15.6. The zero-order chi connectivity index (χ0) is 20.4. The van der Waals surface area contributed by atoms with Crippen LogP contribution in [0, 0.1) is 39.2 Å². The van der Waals surface area contributed by atoms with E-state index in [2.05, 4.69) is 5.32 Å². The summed E-state index contributed by atoms with van der Waals surface area (Å²) in [7, 11) is 0. The molecule has 10 heteroatoms. The number of nitrogens with one attached hydrogen (secondary N) is 1.